The Hall–Kier alpha value is -0.0100. The van der Waals surface area contributed by atoms with E-state index in [4.69, 9.17) is 11.6 Å². The fraction of sp³-hybridized carbons (Fsp3) is 0.538. The second-order valence-corrected chi connectivity index (χ2v) is 5.88. The van der Waals surface area contributed by atoms with Crippen LogP contribution in [0.4, 0.5) is 0 Å². The van der Waals surface area contributed by atoms with Crippen LogP contribution in [0.1, 0.15) is 41.3 Å². The molecule has 0 nitrogen and oxygen atoms in total. The molecule has 1 aliphatic rings. The van der Waals surface area contributed by atoms with Crippen molar-refractivity contribution in [3.63, 3.8) is 0 Å². The fourth-order valence-electron chi connectivity index (χ4n) is 2.09. The Morgan fingerprint density at radius 1 is 1.27 bits per heavy atom. The SMILES string of the molecule is Cc1cc(C(Cl)C2CCC2)c(C)cc1Br. The second-order valence-electron chi connectivity index (χ2n) is 4.55. The van der Waals surface area contributed by atoms with Crippen LogP contribution >= 0.6 is 27.5 Å². The molecule has 0 aliphatic heterocycles. The predicted octanol–water partition coefficient (Wildman–Crippen LogP) is 5.15. The maximum atomic E-state index is 6.52. The molecule has 1 aromatic carbocycles. The van der Waals surface area contributed by atoms with E-state index in [0.29, 0.717) is 5.92 Å². The van der Waals surface area contributed by atoms with Gasteiger partial charge in [0.2, 0.25) is 0 Å². The first kappa shape index (κ1) is 11.5. The molecule has 2 rings (SSSR count). The highest BCUT2D eigenvalue weighted by atomic mass is 79.9. The van der Waals surface area contributed by atoms with Crippen LogP contribution in [0.3, 0.4) is 0 Å². The van der Waals surface area contributed by atoms with Gasteiger partial charge in [0.15, 0.2) is 0 Å². The van der Waals surface area contributed by atoms with E-state index in [9.17, 15) is 0 Å². The summed E-state index contributed by atoms with van der Waals surface area (Å²) in [5, 5.41) is 0.213. The van der Waals surface area contributed by atoms with E-state index in [1.165, 1.54) is 40.4 Å². The first-order valence-electron chi connectivity index (χ1n) is 5.50. The third-order valence-corrected chi connectivity index (χ3v) is 4.85. The van der Waals surface area contributed by atoms with E-state index in [1.807, 2.05) is 0 Å². The molecule has 1 unspecified atom stereocenters. The van der Waals surface area contributed by atoms with Gasteiger partial charge in [0.1, 0.15) is 0 Å². The molecule has 0 N–H and O–H groups in total. The minimum atomic E-state index is 0.213. The normalized spacial score (nSPS) is 18.7. The van der Waals surface area contributed by atoms with Gasteiger partial charge in [-0.3, -0.25) is 0 Å². The summed E-state index contributed by atoms with van der Waals surface area (Å²) in [6.07, 6.45) is 3.94. The number of halogens is 2. The maximum absolute atomic E-state index is 6.52. The lowest BCUT2D eigenvalue weighted by Crippen LogP contribution is -2.17. The van der Waals surface area contributed by atoms with Gasteiger partial charge in [-0.25, -0.2) is 0 Å². The Bertz CT molecular complexity index is 369. The maximum Gasteiger partial charge on any atom is 0.0616 e. The first-order valence-corrected chi connectivity index (χ1v) is 6.73. The van der Waals surface area contributed by atoms with Crippen molar-refractivity contribution in [2.75, 3.05) is 0 Å². The summed E-state index contributed by atoms with van der Waals surface area (Å²) in [5.41, 5.74) is 3.90. The zero-order valence-electron chi connectivity index (χ0n) is 9.19. The van der Waals surface area contributed by atoms with Crippen molar-refractivity contribution in [2.24, 2.45) is 5.92 Å². The molecule has 0 amide bonds. The van der Waals surface area contributed by atoms with E-state index in [1.54, 1.807) is 0 Å². The number of aryl methyl sites for hydroxylation is 2. The number of alkyl halides is 1. The topological polar surface area (TPSA) is 0 Å². The van der Waals surface area contributed by atoms with Crippen molar-refractivity contribution < 1.29 is 0 Å². The van der Waals surface area contributed by atoms with Gasteiger partial charge in [-0.15, -0.1) is 11.6 Å². The molecule has 1 fully saturated rings. The van der Waals surface area contributed by atoms with Crippen LogP contribution < -0.4 is 0 Å². The van der Waals surface area contributed by atoms with Crippen molar-refractivity contribution in [3.8, 4) is 0 Å². The molecule has 0 spiro atoms. The first-order chi connectivity index (χ1) is 7.09. The lowest BCUT2D eigenvalue weighted by molar-refractivity contribution is 0.305. The van der Waals surface area contributed by atoms with Crippen molar-refractivity contribution in [1.29, 1.82) is 0 Å². The molecule has 1 saturated carbocycles. The standard InChI is InChI=1S/C13H16BrCl/c1-8-7-12(14)9(2)6-11(8)13(15)10-4-3-5-10/h6-7,10,13H,3-5H2,1-2H3. The molecule has 82 valence electrons. The van der Waals surface area contributed by atoms with Crippen molar-refractivity contribution >= 4 is 27.5 Å². The van der Waals surface area contributed by atoms with E-state index >= 15 is 0 Å². The number of benzene rings is 1. The average Bonchev–Trinajstić information content (AvgIpc) is 2.08. The Morgan fingerprint density at radius 2 is 1.93 bits per heavy atom. The minimum absolute atomic E-state index is 0.213. The summed E-state index contributed by atoms with van der Waals surface area (Å²) in [5.74, 6) is 0.700. The van der Waals surface area contributed by atoms with Crippen LogP contribution in [-0.4, -0.2) is 0 Å². The molecule has 1 aliphatic carbocycles. The molecule has 1 aromatic rings. The summed E-state index contributed by atoms with van der Waals surface area (Å²) >= 11 is 10.1. The molecule has 0 aromatic heterocycles. The fourth-order valence-corrected chi connectivity index (χ4v) is 3.03. The van der Waals surface area contributed by atoms with Crippen LogP contribution in [0, 0.1) is 19.8 Å². The molecule has 15 heavy (non-hydrogen) atoms. The highest BCUT2D eigenvalue weighted by Crippen LogP contribution is 2.43. The largest absolute Gasteiger partial charge is 0.118 e. The molecule has 0 heterocycles. The van der Waals surface area contributed by atoms with Gasteiger partial charge in [-0.1, -0.05) is 28.4 Å². The molecule has 2 heteroatoms. The molecule has 1 atom stereocenters. The average molecular weight is 288 g/mol. The van der Waals surface area contributed by atoms with Gasteiger partial charge in [-0.05, 0) is 55.4 Å². The molecule has 0 saturated heterocycles. The lowest BCUT2D eigenvalue weighted by Gasteiger charge is -2.31. The van der Waals surface area contributed by atoms with Crippen LogP contribution in [-0.2, 0) is 0 Å². The van der Waals surface area contributed by atoms with Gasteiger partial charge in [0.05, 0.1) is 5.38 Å². The van der Waals surface area contributed by atoms with Crippen molar-refractivity contribution in [3.05, 3.63) is 33.3 Å². The third kappa shape index (κ3) is 2.24. The summed E-state index contributed by atoms with van der Waals surface area (Å²) < 4.78 is 1.18. The third-order valence-electron chi connectivity index (χ3n) is 3.41. The van der Waals surface area contributed by atoms with Crippen LogP contribution in [0.25, 0.3) is 0 Å². The van der Waals surface area contributed by atoms with Crippen LogP contribution in [0.5, 0.6) is 0 Å². The Morgan fingerprint density at radius 3 is 2.47 bits per heavy atom. The smallest absolute Gasteiger partial charge is 0.0616 e. The van der Waals surface area contributed by atoms with Gasteiger partial charge in [0, 0.05) is 4.47 Å². The van der Waals surface area contributed by atoms with Crippen molar-refractivity contribution in [2.45, 2.75) is 38.5 Å². The Labute approximate surface area is 105 Å². The lowest BCUT2D eigenvalue weighted by atomic mass is 9.79. The molecule has 0 radical (unpaired) electrons. The van der Waals surface area contributed by atoms with Gasteiger partial charge >= 0.3 is 0 Å². The monoisotopic (exact) mass is 286 g/mol. The highest BCUT2D eigenvalue weighted by Gasteiger charge is 2.27. The van der Waals surface area contributed by atoms with E-state index in [0.717, 1.165) is 0 Å². The van der Waals surface area contributed by atoms with Crippen molar-refractivity contribution in [1.82, 2.24) is 0 Å². The Balaban J connectivity index is 2.30. The minimum Gasteiger partial charge on any atom is -0.118 e. The summed E-state index contributed by atoms with van der Waals surface area (Å²) in [4.78, 5) is 0. The molecular weight excluding hydrogens is 272 g/mol. The molecular formula is C13H16BrCl. The van der Waals surface area contributed by atoms with Gasteiger partial charge in [-0.2, -0.15) is 0 Å². The quantitative estimate of drug-likeness (QED) is 0.660. The second kappa shape index (κ2) is 4.47. The molecule has 0 bridgehead atoms. The van der Waals surface area contributed by atoms with E-state index in [2.05, 4.69) is 41.9 Å². The summed E-state index contributed by atoms with van der Waals surface area (Å²) in [6.45, 7) is 4.27. The van der Waals surface area contributed by atoms with E-state index < -0.39 is 0 Å². The van der Waals surface area contributed by atoms with Crippen LogP contribution in [0.15, 0.2) is 16.6 Å². The van der Waals surface area contributed by atoms with Gasteiger partial charge in [0.25, 0.3) is 0 Å². The Kier molecular flexibility index (Phi) is 3.42. The van der Waals surface area contributed by atoms with Crippen LogP contribution in [0.2, 0.25) is 0 Å². The summed E-state index contributed by atoms with van der Waals surface area (Å²) in [7, 11) is 0. The number of hydrogen-bond acceptors (Lipinski definition) is 0. The zero-order chi connectivity index (χ0) is 11.0. The summed E-state index contributed by atoms with van der Waals surface area (Å²) in [6, 6.07) is 4.41. The number of rotatable bonds is 2. The number of hydrogen-bond donors (Lipinski definition) is 0. The highest BCUT2D eigenvalue weighted by molar-refractivity contribution is 9.10. The van der Waals surface area contributed by atoms with E-state index in [-0.39, 0.29) is 5.38 Å². The zero-order valence-corrected chi connectivity index (χ0v) is 11.5. The van der Waals surface area contributed by atoms with Gasteiger partial charge < -0.3 is 0 Å². The predicted molar refractivity (Wildman–Crippen MR) is 69.6 cm³/mol.